The van der Waals surface area contributed by atoms with Gasteiger partial charge in [0.1, 0.15) is 5.82 Å². The van der Waals surface area contributed by atoms with E-state index in [9.17, 15) is 0 Å². The van der Waals surface area contributed by atoms with Crippen LogP contribution >= 0.6 is 23.1 Å². The van der Waals surface area contributed by atoms with Gasteiger partial charge in [-0.3, -0.25) is 0 Å². The van der Waals surface area contributed by atoms with E-state index < -0.39 is 0 Å². The van der Waals surface area contributed by atoms with Gasteiger partial charge in [0, 0.05) is 25.2 Å². The van der Waals surface area contributed by atoms with E-state index in [2.05, 4.69) is 19.9 Å². The fourth-order valence-corrected chi connectivity index (χ4v) is 3.49. The highest BCUT2D eigenvalue weighted by Crippen LogP contribution is 2.26. The predicted molar refractivity (Wildman–Crippen MR) is 93.4 cm³/mol. The molecule has 3 aromatic rings. The van der Waals surface area contributed by atoms with Crippen LogP contribution in [0.2, 0.25) is 0 Å². The average molecular weight is 348 g/mol. The molecule has 23 heavy (non-hydrogen) atoms. The molecule has 0 unspecified atom stereocenters. The molecule has 0 saturated heterocycles. The van der Waals surface area contributed by atoms with Crippen molar-refractivity contribution < 1.29 is 4.42 Å². The van der Waals surface area contributed by atoms with E-state index in [1.165, 1.54) is 0 Å². The number of thiazole rings is 1. The van der Waals surface area contributed by atoms with Crippen molar-refractivity contribution in [1.29, 1.82) is 0 Å². The molecule has 120 valence electrons. The Balaban J connectivity index is 1.59. The summed E-state index contributed by atoms with van der Waals surface area (Å²) in [5.74, 6) is 3.72. The molecule has 0 saturated carbocycles. The van der Waals surface area contributed by atoms with Crippen molar-refractivity contribution >= 4 is 35.0 Å². The molecule has 7 nitrogen and oxygen atoms in total. The minimum Gasteiger partial charge on any atom is -0.462 e. The highest BCUT2D eigenvalue weighted by atomic mass is 32.2. The van der Waals surface area contributed by atoms with Gasteiger partial charge in [-0.05, 0) is 12.1 Å². The number of furan rings is 1. The first kappa shape index (κ1) is 15.8. The van der Waals surface area contributed by atoms with Crippen molar-refractivity contribution in [3.8, 4) is 10.8 Å². The molecule has 0 aliphatic rings. The molecule has 9 heteroatoms. The number of nitrogens with zero attached hydrogens (tertiary/aromatic N) is 5. The number of anilines is 2. The van der Waals surface area contributed by atoms with E-state index in [4.69, 9.17) is 10.2 Å². The standard InChI is InChI=1S/C14H16N6OS2/c1-20(2)14-18-11(17-13(15)19-14)8-22-6-9-7-23-12(16-9)10-4-3-5-21-10/h3-5,7H,6,8H2,1-2H3,(H2,15,17,18,19). The number of nitrogen functional groups attached to an aromatic ring is 1. The van der Waals surface area contributed by atoms with Crippen LogP contribution in [0, 0.1) is 0 Å². The Kier molecular flexibility index (Phi) is 4.77. The van der Waals surface area contributed by atoms with Crippen molar-refractivity contribution in [2.75, 3.05) is 24.7 Å². The molecule has 0 atom stereocenters. The fourth-order valence-electron chi connectivity index (χ4n) is 1.82. The number of thioether (sulfide) groups is 1. The van der Waals surface area contributed by atoms with Crippen LogP contribution in [0.3, 0.4) is 0 Å². The van der Waals surface area contributed by atoms with Gasteiger partial charge in [0.2, 0.25) is 11.9 Å². The van der Waals surface area contributed by atoms with E-state index in [0.717, 1.165) is 22.2 Å². The SMILES string of the molecule is CN(C)c1nc(N)nc(CSCc2csc(-c3ccco3)n2)n1. The van der Waals surface area contributed by atoms with Crippen LogP contribution < -0.4 is 10.6 Å². The lowest BCUT2D eigenvalue weighted by Gasteiger charge is -2.11. The summed E-state index contributed by atoms with van der Waals surface area (Å²) in [6, 6.07) is 3.77. The lowest BCUT2D eigenvalue weighted by atomic mass is 10.5. The molecule has 0 radical (unpaired) electrons. The van der Waals surface area contributed by atoms with Crippen LogP contribution in [0.5, 0.6) is 0 Å². The van der Waals surface area contributed by atoms with Crippen LogP contribution in [0.4, 0.5) is 11.9 Å². The Labute approximate surface area is 142 Å². The second kappa shape index (κ2) is 6.97. The van der Waals surface area contributed by atoms with Gasteiger partial charge in [-0.15, -0.1) is 23.1 Å². The number of rotatable bonds is 6. The molecule has 3 aromatic heterocycles. The molecule has 0 fully saturated rings. The summed E-state index contributed by atoms with van der Waals surface area (Å²) >= 11 is 3.26. The Morgan fingerprint density at radius 3 is 2.83 bits per heavy atom. The molecule has 0 aromatic carbocycles. The topological polar surface area (TPSA) is 94.0 Å². The highest BCUT2D eigenvalue weighted by molar-refractivity contribution is 7.97. The van der Waals surface area contributed by atoms with Gasteiger partial charge in [-0.2, -0.15) is 15.0 Å². The summed E-state index contributed by atoms with van der Waals surface area (Å²) < 4.78 is 5.35. The van der Waals surface area contributed by atoms with Crippen LogP contribution in [0.15, 0.2) is 28.2 Å². The van der Waals surface area contributed by atoms with Crippen molar-refractivity contribution in [3.05, 3.63) is 35.3 Å². The maximum Gasteiger partial charge on any atom is 0.229 e. The van der Waals surface area contributed by atoms with Gasteiger partial charge in [-0.1, -0.05) is 0 Å². The first-order valence-electron chi connectivity index (χ1n) is 6.85. The Hall–Kier alpha value is -2.13. The first-order valence-corrected chi connectivity index (χ1v) is 8.89. The third-order valence-corrected chi connectivity index (χ3v) is 4.72. The van der Waals surface area contributed by atoms with Gasteiger partial charge < -0.3 is 15.1 Å². The van der Waals surface area contributed by atoms with Gasteiger partial charge in [0.25, 0.3) is 0 Å². The van der Waals surface area contributed by atoms with Gasteiger partial charge in [-0.25, -0.2) is 4.98 Å². The average Bonchev–Trinajstić information content (AvgIpc) is 3.17. The molecule has 0 aliphatic heterocycles. The summed E-state index contributed by atoms with van der Waals surface area (Å²) in [5, 5.41) is 2.93. The van der Waals surface area contributed by atoms with Crippen LogP contribution in [-0.2, 0) is 11.5 Å². The Bertz CT molecular complexity index is 771. The van der Waals surface area contributed by atoms with E-state index in [1.807, 2.05) is 36.5 Å². The Morgan fingerprint density at radius 1 is 1.22 bits per heavy atom. The highest BCUT2D eigenvalue weighted by Gasteiger charge is 2.09. The number of hydrogen-bond acceptors (Lipinski definition) is 9. The third kappa shape index (κ3) is 3.99. The monoisotopic (exact) mass is 348 g/mol. The molecule has 2 N–H and O–H groups in total. The molecule has 3 rings (SSSR count). The van der Waals surface area contributed by atoms with Crippen molar-refractivity contribution in [3.63, 3.8) is 0 Å². The summed E-state index contributed by atoms with van der Waals surface area (Å²) in [7, 11) is 3.74. The zero-order chi connectivity index (χ0) is 16.2. The van der Waals surface area contributed by atoms with E-state index in [0.29, 0.717) is 17.5 Å². The van der Waals surface area contributed by atoms with Gasteiger partial charge in [0.05, 0.1) is 17.7 Å². The number of aromatic nitrogens is 4. The minimum absolute atomic E-state index is 0.244. The molecule has 0 spiro atoms. The largest absolute Gasteiger partial charge is 0.462 e. The van der Waals surface area contributed by atoms with Crippen LogP contribution in [0.25, 0.3) is 10.8 Å². The van der Waals surface area contributed by atoms with E-state index in [1.54, 1.807) is 29.4 Å². The predicted octanol–water partition coefficient (Wildman–Crippen LogP) is 2.67. The number of hydrogen-bond donors (Lipinski definition) is 1. The lowest BCUT2D eigenvalue weighted by molar-refractivity contribution is 0.581. The smallest absolute Gasteiger partial charge is 0.229 e. The first-order chi connectivity index (χ1) is 11.1. The van der Waals surface area contributed by atoms with Crippen molar-refractivity contribution in [2.45, 2.75) is 11.5 Å². The zero-order valence-corrected chi connectivity index (χ0v) is 14.4. The maximum absolute atomic E-state index is 5.72. The maximum atomic E-state index is 5.72. The fraction of sp³-hybridized carbons (Fsp3) is 0.286. The van der Waals surface area contributed by atoms with E-state index >= 15 is 0 Å². The second-order valence-corrected chi connectivity index (χ2v) is 6.76. The summed E-state index contributed by atoms with van der Waals surface area (Å²) in [6.07, 6.45) is 1.65. The van der Waals surface area contributed by atoms with Crippen molar-refractivity contribution in [2.24, 2.45) is 0 Å². The molecule has 0 amide bonds. The third-order valence-electron chi connectivity index (χ3n) is 2.85. The van der Waals surface area contributed by atoms with Crippen LogP contribution in [-0.4, -0.2) is 34.0 Å². The van der Waals surface area contributed by atoms with Crippen LogP contribution in [0.1, 0.15) is 11.5 Å². The normalized spacial score (nSPS) is 10.9. The van der Waals surface area contributed by atoms with Gasteiger partial charge >= 0.3 is 0 Å². The minimum atomic E-state index is 0.244. The number of nitrogens with two attached hydrogens (primary N) is 1. The molecular weight excluding hydrogens is 332 g/mol. The van der Waals surface area contributed by atoms with Gasteiger partial charge in [0.15, 0.2) is 10.8 Å². The summed E-state index contributed by atoms with van der Waals surface area (Å²) in [6.45, 7) is 0. The molecule has 3 heterocycles. The summed E-state index contributed by atoms with van der Waals surface area (Å²) in [4.78, 5) is 19.0. The lowest BCUT2D eigenvalue weighted by Crippen LogP contribution is -2.15. The molecule has 0 aliphatic carbocycles. The van der Waals surface area contributed by atoms with E-state index in [-0.39, 0.29) is 5.95 Å². The quantitative estimate of drug-likeness (QED) is 0.726. The molecule has 0 bridgehead atoms. The second-order valence-electron chi connectivity index (χ2n) is 4.92. The zero-order valence-electron chi connectivity index (χ0n) is 12.8. The Morgan fingerprint density at radius 2 is 2.09 bits per heavy atom. The molecular formula is C14H16N6OS2. The van der Waals surface area contributed by atoms with Crippen molar-refractivity contribution in [1.82, 2.24) is 19.9 Å². The summed E-state index contributed by atoms with van der Waals surface area (Å²) in [5.41, 5.74) is 6.73.